The highest BCUT2D eigenvalue weighted by Gasteiger charge is 2.39. The number of halogens is 1. The number of aromatic amines is 1. The maximum absolute atomic E-state index is 13.4. The van der Waals surface area contributed by atoms with E-state index in [4.69, 9.17) is 0 Å². The summed E-state index contributed by atoms with van der Waals surface area (Å²) in [4.78, 5) is 22.8. The van der Waals surface area contributed by atoms with Crippen LogP contribution in [0.15, 0.2) is 12.5 Å². The minimum absolute atomic E-state index is 0.132. The van der Waals surface area contributed by atoms with Crippen molar-refractivity contribution in [3.8, 4) is 0 Å². The summed E-state index contributed by atoms with van der Waals surface area (Å²) in [6.45, 7) is 0.357. The second-order valence-electron chi connectivity index (χ2n) is 6.51. The minimum Gasteiger partial charge on any atom is -0.340 e. The van der Waals surface area contributed by atoms with Crippen LogP contribution in [0.25, 0.3) is 0 Å². The third-order valence-electron chi connectivity index (χ3n) is 4.66. The molecule has 1 aliphatic heterocycles. The molecule has 1 N–H and O–H groups in total. The summed E-state index contributed by atoms with van der Waals surface area (Å²) in [5.41, 5.74) is 0.391. The molecule has 2 aromatic rings. The lowest BCUT2D eigenvalue weighted by molar-refractivity contribution is 0.0779. The molecule has 2 aliphatic rings. The van der Waals surface area contributed by atoms with Crippen LogP contribution in [0.5, 0.6) is 0 Å². The van der Waals surface area contributed by atoms with Crippen molar-refractivity contribution in [2.75, 3.05) is 19.8 Å². The summed E-state index contributed by atoms with van der Waals surface area (Å²) < 4.78 is 15.2. The molecule has 3 heterocycles. The van der Waals surface area contributed by atoms with E-state index in [1.165, 1.54) is 0 Å². The molecule has 4 rings (SSSR count). The van der Waals surface area contributed by atoms with Crippen LogP contribution in [0.3, 0.4) is 0 Å². The van der Waals surface area contributed by atoms with Gasteiger partial charge in [-0.05, 0) is 12.8 Å². The average Bonchev–Trinajstić information content (AvgIpc) is 2.99. The molecule has 0 radical (unpaired) electrons. The SMILES string of the molecule is Cn1cnc(C(=O)N2C[C@@H](CF)[C@H](c3nc(C4CC4)n[nH]3)C2)c1. The molecule has 2 aromatic heterocycles. The number of amides is 1. The van der Waals surface area contributed by atoms with Gasteiger partial charge in [0.25, 0.3) is 5.91 Å². The predicted molar refractivity (Wildman–Crippen MR) is 79.7 cm³/mol. The monoisotopic (exact) mass is 318 g/mol. The van der Waals surface area contributed by atoms with Crippen LogP contribution in [0, 0.1) is 5.92 Å². The molecular weight excluding hydrogens is 299 g/mol. The molecule has 0 bridgehead atoms. The number of hydrogen-bond acceptors (Lipinski definition) is 4. The van der Waals surface area contributed by atoms with E-state index in [-0.39, 0.29) is 17.7 Å². The Morgan fingerprint density at radius 2 is 2.26 bits per heavy atom. The Morgan fingerprint density at radius 3 is 2.91 bits per heavy atom. The van der Waals surface area contributed by atoms with E-state index >= 15 is 0 Å². The summed E-state index contributed by atoms with van der Waals surface area (Å²) in [5, 5.41) is 7.20. The Morgan fingerprint density at radius 1 is 1.43 bits per heavy atom. The van der Waals surface area contributed by atoms with Crippen molar-refractivity contribution in [3.05, 3.63) is 29.9 Å². The van der Waals surface area contributed by atoms with Crippen LogP contribution in [0.4, 0.5) is 4.39 Å². The highest BCUT2D eigenvalue weighted by Crippen LogP contribution is 2.39. The van der Waals surface area contributed by atoms with E-state index in [1.807, 2.05) is 7.05 Å². The second-order valence-corrected chi connectivity index (χ2v) is 6.51. The molecule has 0 spiro atoms. The number of carbonyl (C=O) groups is 1. The molecule has 122 valence electrons. The number of nitrogens with one attached hydrogen (secondary N) is 1. The van der Waals surface area contributed by atoms with E-state index in [9.17, 15) is 9.18 Å². The zero-order chi connectivity index (χ0) is 16.0. The van der Waals surface area contributed by atoms with Crippen LogP contribution >= 0.6 is 0 Å². The fourth-order valence-corrected chi connectivity index (χ4v) is 3.17. The Hall–Kier alpha value is -2.25. The number of likely N-dealkylation sites (tertiary alicyclic amines) is 1. The zero-order valence-corrected chi connectivity index (χ0v) is 12.9. The molecular formula is C15H19FN6O. The van der Waals surface area contributed by atoms with E-state index in [0.717, 1.165) is 18.7 Å². The van der Waals surface area contributed by atoms with E-state index < -0.39 is 6.67 Å². The molecule has 0 aromatic carbocycles. The number of hydrogen-bond donors (Lipinski definition) is 1. The lowest BCUT2D eigenvalue weighted by Crippen LogP contribution is -2.29. The van der Waals surface area contributed by atoms with Crippen LogP contribution in [0.1, 0.15) is 46.8 Å². The van der Waals surface area contributed by atoms with E-state index in [0.29, 0.717) is 30.5 Å². The maximum atomic E-state index is 13.4. The Balaban J connectivity index is 1.52. The minimum atomic E-state index is -0.476. The molecule has 2 atom stereocenters. The topological polar surface area (TPSA) is 79.7 Å². The molecule has 0 unspecified atom stereocenters. The first-order valence-electron chi connectivity index (χ1n) is 7.91. The smallest absolute Gasteiger partial charge is 0.274 e. The quantitative estimate of drug-likeness (QED) is 0.920. The third-order valence-corrected chi connectivity index (χ3v) is 4.66. The molecule has 1 amide bonds. The fraction of sp³-hybridized carbons (Fsp3) is 0.600. The molecule has 2 fully saturated rings. The van der Waals surface area contributed by atoms with Gasteiger partial charge in [-0.2, -0.15) is 5.10 Å². The fourth-order valence-electron chi connectivity index (χ4n) is 3.17. The van der Waals surface area contributed by atoms with Crippen molar-refractivity contribution >= 4 is 5.91 Å². The standard InChI is InChI=1S/C15H19FN6O/c1-21-7-12(17-8-21)15(23)22-5-10(4-16)11(6-22)14-18-13(19-20-14)9-2-3-9/h7-11H,2-6H2,1H3,(H,18,19,20)/t10-,11-/m1/s1. The summed E-state index contributed by atoms with van der Waals surface area (Å²) >= 11 is 0. The van der Waals surface area contributed by atoms with Gasteiger partial charge < -0.3 is 9.47 Å². The first-order valence-corrected chi connectivity index (χ1v) is 7.91. The number of aromatic nitrogens is 5. The van der Waals surface area contributed by atoms with Gasteiger partial charge in [0, 0.05) is 44.1 Å². The first kappa shape index (κ1) is 14.3. The molecule has 1 saturated heterocycles. The van der Waals surface area contributed by atoms with Crippen molar-refractivity contribution in [2.24, 2.45) is 13.0 Å². The van der Waals surface area contributed by atoms with Gasteiger partial charge in [-0.25, -0.2) is 9.97 Å². The van der Waals surface area contributed by atoms with Crippen molar-refractivity contribution < 1.29 is 9.18 Å². The van der Waals surface area contributed by atoms with E-state index in [2.05, 4.69) is 20.2 Å². The van der Waals surface area contributed by atoms with Crippen molar-refractivity contribution in [1.82, 2.24) is 29.6 Å². The number of imidazole rings is 1. The van der Waals surface area contributed by atoms with Crippen molar-refractivity contribution in [1.29, 1.82) is 0 Å². The average molecular weight is 318 g/mol. The normalized spacial score (nSPS) is 24.3. The Labute approximate surface area is 132 Å². The lowest BCUT2D eigenvalue weighted by atomic mass is 9.97. The third kappa shape index (κ3) is 2.62. The van der Waals surface area contributed by atoms with Gasteiger partial charge >= 0.3 is 0 Å². The van der Waals surface area contributed by atoms with Crippen LogP contribution < -0.4 is 0 Å². The molecule has 7 nitrogen and oxygen atoms in total. The van der Waals surface area contributed by atoms with Gasteiger partial charge in [-0.1, -0.05) is 0 Å². The molecule has 8 heteroatoms. The number of alkyl halides is 1. The van der Waals surface area contributed by atoms with Gasteiger partial charge in [0.2, 0.25) is 0 Å². The second kappa shape index (κ2) is 5.43. The van der Waals surface area contributed by atoms with E-state index in [1.54, 1.807) is 22.0 Å². The largest absolute Gasteiger partial charge is 0.340 e. The number of nitrogens with zero attached hydrogens (tertiary/aromatic N) is 5. The molecule has 1 saturated carbocycles. The van der Waals surface area contributed by atoms with Crippen molar-refractivity contribution in [2.45, 2.75) is 24.7 Å². The van der Waals surface area contributed by atoms with Crippen LogP contribution in [0.2, 0.25) is 0 Å². The van der Waals surface area contributed by atoms with Gasteiger partial charge in [-0.3, -0.25) is 14.3 Å². The van der Waals surface area contributed by atoms with Gasteiger partial charge in [-0.15, -0.1) is 0 Å². The number of H-pyrrole nitrogens is 1. The van der Waals surface area contributed by atoms with Gasteiger partial charge in [0.1, 0.15) is 11.5 Å². The van der Waals surface area contributed by atoms with Crippen LogP contribution in [-0.4, -0.2) is 55.3 Å². The van der Waals surface area contributed by atoms with Gasteiger partial charge in [0.15, 0.2) is 5.82 Å². The predicted octanol–water partition coefficient (Wildman–Crippen LogP) is 1.24. The number of carbonyl (C=O) groups excluding carboxylic acids is 1. The Bertz CT molecular complexity index is 721. The summed E-state index contributed by atoms with van der Waals surface area (Å²) in [7, 11) is 1.81. The summed E-state index contributed by atoms with van der Waals surface area (Å²) in [5.74, 6) is 1.44. The first-order chi connectivity index (χ1) is 11.2. The molecule has 1 aliphatic carbocycles. The zero-order valence-electron chi connectivity index (χ0n) is 12.9. The number of aryl methyl sites for hydroxylation is 1. The summed E-state index contributed by atoms with van der Waals surface area (Å²) in [6.07, 6.45) is 5.52. The maximum Gasteiger partial charge on any atom is 0.274 e. The lowest BCUT2D eigenvalue weighted by Gasteiger charge is -2.14. The van der Waals surface area contributed by atoms with Crippen molar-refractivity contribution in [3.63, 3.8) is 0 Å². The highest BCUT2D eigenvalue weighted by molar-refractivity contribution is 5.92. The highest BCUT2D eigenvalue weighted by atomic mass is 19.1. The van der Waals surface area contributed by atoms with Crippen LogP contribution in [-0.2, 0) is 7.05 Å². The molecule has 23 heavy (non-hydrogen) atoms. The Kier molecular flexibility index (Phi) is 3.39. The summed E-state index contributed by atoms with van der Waals surface area (Å²) in [6, 6.07) is 0. The van der Waals surface area contributed by atoms with Gasteiger partial charge in [0.05, 0.1) is 13.0 Å². The number of rotatable bonds is 4.